The fourth-order valence-electron chi connectivity index (χ4n) is 2.38. The number of piperidine rings is 2. The average molecular weight is 168 g/mol. The van der Waals surface area contributed by atoms with Crippen LogP contribution in [-0.4, -0.2) is 35.0 Å². The first-order valence-electron chi connectivity index (χ1n) is 4.86. The van der Waals surface area contributed by atoms with Crippen LogP contribution in [0.5, 0.6) is 0 Å². The van der Waals surface area contributed by atoms with Gasteiger partial charge in [-0.25, -0.2) is 0 Å². The van der Waals surface area contributed by atoms with Crippen molar-refractivity contribution in [1.29, 1.82) is 0 Å². The van der Waals surface area contributed by atoms with E-state index in [9.17, 15) is 0 Å². The summed E-state index contributed by atoms with van der Waals surface area (Å²) in [5, 5.41) is 12.2. The SMILES string of the molecule is ON=C1CCCN2CCCCC12. The van der Waals surface area contributed by atoms with Crippen molar-refractivity contribution in [1.82, 2.24) is 4.90 Å². The van der Waals surface area contributed by atoms with Crippen molar-refractivity contribution in [2.75, 3.05) is 13.1 Å². The van der Waals surface area contributed by atoms with Crippen LogP contribution < -0.4 is 0 Å². The second-order valence-electron chi connectivity index (χ2n) is 3.74. The Kier molecular flexibility index (Phi) is 2.30. The predicted octanol–water partition coefficient (Wildman–Crippen LogP) is 1.46. The van der Waals surface area contributed by atoms with Gasteiger partial charge in [0.2, 0.25) is 0 Å². The van der Waals surface area contributed by atoms with Gasteiger partial charge in [0.05, 0.1) is 11.8 Å². The van der Waals surface area contributed by atoms with Gasteiger partial charge < -0.3 is 5.21 Å². The van der Waals surface area contributed by atoms with Crippen LogP contribution >= 0.6 is 0 Å². The normalized spacial score (nSPS) is 35.0. The summed E-state index contributed by atoms with van der Waals surface area (Å²) in [4.78, 5) is 2.46. The molecule has 3 heteroatoms. The highest BCUT2D eigenvalue weighted by Gasteiger charge is 2.29. The molecule has 0 radical (unpaired) electrons. The average Bonchev–Trinajstić information content (AvgIpc) is 2.17. The lowest BCUT2D eigenvalue weighted by atomic mass is 9.91. The monoisotopic (exact) mass is 168 g/mol. The summed E-state index contributed by atoms with van der Waals surface area (Å²) in [6.45, 7) is 2.40. The van der Waals surface area contributed by atoms with Gasteiger partial charge in [0, 0.05) is 0 Å². The third-order valence-corrected chi connectivity index (χ3v) is 3.00. The maximum Gasteiger partial charge on any atom is 0.0742 e. The molecule has 0 amide bonds. The van der Waals surface area contributed by atoms with Crippen molar-refractivity contribution >= 4 is 5.71 Å². The number of nitrogens with zero attached hydrogens (tertiary/aromatic N) is 2. The van der Waals surface area contributed by atoms with Crippen molar-refractivity contribution < 1.29 is 5.21 Å². The molecule has 2 saturated heterocycles. The topological polar surface area (TPSA) is 35.8 Å². The largest absolute Gasteiger partial charge is 0.411 e. The summed E-state index contributed by atoms with van der Waals surface area (Å²) in [6, 6.07) is 0.470. The molecule has 0 aliphatic carbocycles. The maximum absolute atomic E-state index is 8.79. The zero-order chi connectivity index (χ0) is 8.39. The standard InChI is InChI=1S/C9H16N2O/c12-10-8-4-3-7-11-6-2-1-5-9(8)11/h9,12H,1-7H2. The second-order valence-corrected chi connectivity index (χ2v) is 3.74. The van der Waals surface area contributed by atoms with E-state index in [1.807, 2.05) is 0 Å². The van der Waals surface area contributed by atoms with Crippen LogP contribution in [0.15, 0.2) is 5.16 Å². The van der Waals surface area contributed by atoms with Gasteiger partial charge in [0.25, 0.3) is 0 Å². The van der Waals surface area contributed by atoms with Crippen LogP contribution in [0.25, 0.3) is 0 Å². The van der Waals surface area contributed by atoms with Crippen LogP contribution in [0, 0.1) is 0 Å². The molecule has 0 spiro atoms. The summed E-state index contributed by atoms with van der Waals surface area (Å²) in [7, 11) is 0. The Balaban J connectivity index is 2.09. The molecular weight excluding hydrogens is 152 g/mol. The fourth-order valence-corrected chi connectivity index (χ4v) is 2.38. The third kappa shape index (κ3) is 1.33. The third-order valence-electron chi connectivity index (χ3n) is 3.00. The number of hydrogen-bond acceptors (Lipinski definition) is 3. The zero-order valence-corrected chi connectivity index (χ0v) is 7.37. The highest BCUT2D eigenvalue weighted by Crippen LogP contribution is 2.24. The van der Waals surface area contributed by atoms with Gasteiger partial charge in [0.1, 0.15) is 0 Å². The molecule has 2 fully saturated rings. The van der Waals surface area contributed by atoms with E-state index in [1.165, 1.54) is 32.4 Å². The van der Waals surface area contributed by atoms with Gasteiger partial charge in [-0.3, -0.25) is 4.90 Å². The molecule has 2 aliphatic rings. The lowest BCUT2D eigenvalue weighted by molar-refractivity contribution is 0.169. The minimum absolute atomic E-state index is 0.470. The molecule has 1 unspecified atom stereocenters. The summed E-state index contributed by atoms with van der Waals surface area (Å²) in [6.07, 6.45) is 5.96. The Morgan fingerprint density at radius 3 is 2.92 bits per heavy atom. The van der Waals surface area contributed by atoms with Gasteiger partial charge in [-0.1, -0.05) is 11.6 Å². The smallest absolute Gasteiger partial charge is 0.0742 e. The summed E-state index contributed by atoms with van der Waals surface area (Å²) < 4.78 is 0. The first kappa shape index (κ1) is 8.05. The van der Waals surface area contributed by atoms with Crippen LogP contribution in [0.4, 0.5) is 0 Å². The number of fused-ring (bicyclic) bond motifs is 1. The van der Waals surface area contributed by atoms with Crippen LogP contribution in [0.1, 0.15) is 32.1 Å². The van der Waals surface area contributed by atoms with Gasteiger partial charge in [-0.2, -0.15) is 0 Å². The molecule has 2 aliphatic heterocycles. The number of rotatable bonds is 0. The lowest BCUT2D eigenvalue weighted by Crippen LogP contribution is -2.48. The first-order valence-corrected chi connectivity index (χ1v) is 4.86. The van der Waals surface area contributed by atoms with E-state index in [2.05, 4.69) is 10.1 Å². The minimum Gasteiger partial charge on any atom is -0.411 e. The minimum atomic E-state index is 0.470. The van der Waals surface area contributed by atoms with Gasteiger partial charge in [-0.05, 0) is 38.8 Å². The van der Waals surface area contributed by atoms with Gasteiger partial charge >= 0.3 is 0 Å². The zero-order valence-electron chi connectivity index (χ0n) is 7.37. The number of oxime groups is 1. The van der Waals surface area contributed by atoms with E-state index in [-0.39, 0.29) is 0 Å². The van der Waals surface area contributed by atoms with Crippen LogP contribution in [-0.2, 0) is 0 Å². The Morgan fingerprint density at radius 2 is 2.08 bits per heavy atom. The van der Waals surface area contributed by atoms with Crippen LogP contribution in [0.3, 0.4) is 0 Å². The Hall–Kier alpha value is -0.570. The maximum atomic E-state index is 8.79. The summed E-state index contributed by atoms with van der Waals surface area (Å²) in [5.74, 6) is 0. The molecule has 0 bridgehead atoms. The molecule has 0 aromatic heterocycles. The van der Waals surface area contributed by atoms with E-state index in [1.54, 1.807) is 0 Å². The van der Waals surface area contributed by atoms with Gasteiger partial charge in [-0.15, -0.1) is 0 Å². The molecule has 2 heterocycles. The molecule has 12 heavy (non-hydrogen) atoms. The van der Waals surface area contributed by atoms with Gasteiger partial charge in [0.15, 0.2) is 0 Å². The van der Waals surface area contributed by atoms with E-state index >= 15 is 0 Å². The summed E-state index contributed by atoms with van der Waals surface area (Å²) in [5.41, 5.74) is 1.01. The van der Waals surface area contributed by atoms with Crippen molar-refractivity contribution in [2.45, 2.75) is 38.1 Å². The molecule has 0 aromatic carbocycles. The predicted molar refractivity (Wildman–Crippen MR) is 47.7 cm³/mol. The Bertz CT molecular complexity index is 189. The Labute approximate surface area is 73.1 Å². The highest BCUT2D eigenvalue weighted by molar-refractivity contribution is 5.89. The molecule has 68 valence electrons. The molecule has 0 saturated carbocycles. The Morgan fingerprint density at radius 1 is 1.25 bits per heavy atom. The van der Waals surface area contributed by atoms with Crippen molar-refractivity contribution in [3.05, 3.63) is 0 Å². The summed E-state index contributed by atoms with van der Waals surface area (Å²) >= 11 is 0. The van der Waals surface area contributed by atoms with Crippen molar-refractivity contribution in [2.24, 2.45) is 5.16 Å². The molecule has 2 rings (SSSR count). The first-order chi connectivity index (χ1) is 5.92. The second kappa shape index (κ2) is 3.44. The molecule has 0 aromatic rings. The highest BCUT2D eigenvalue weighted by atomic mass is 16.4. The van der Waals surface area contributed by atoms with E-state index < -0.39 is 0 Å². The fraction of sp³-hybridized carbons (Fsp3) is 0.889. The lowest BCUT2D eigenvalue weighted by Gasteiger charge is -2.39. The molecule has 1 atom stereocenters. The van der Waals surface area contributed by atoms with E-state index in [0.717, 1.165) is 18.6 Å². The van der Waals surface area contributed by atoms with E-state index in [0.29, 0.717) is 6.04 Å². The quantitative estimate of drug-likeness (QED) is 0.439. The van der Waals surface area contributed by atoms with Crippen molar-refractivity contribution in [3.63, 3.8) is 0 Å². The number of hydrogen-bond donors (Lipinski definition) is 1. The van der Waals surface area contributed by atoms with E-state index in [4.69, 9.17) is 5.21 Å². The van der Waals surface area contributed by atoms with Crippen molar-refractivity contribution in [3.8, 4) is 0 Å². The molecular formula is C9H16N2O. The van der Waals surface area contributed by atoms with Crippen LogP contribution in [0.2, 0.25) is 0 Å². The molecule has 1 N–H and O–H groups in total. The molecule has 3 nitrogen and oxygen atoms in total.